The molecule has 0 aliphatic carbocycles. The van der Waals surface area contributed by atoms with Crippen molar-refractivity contribution in [3.8, 4) is 0 Å². The Morgan fingerprint density at radius 3 is 2.47 bits per heavy atom. The van der Waals surface area contributed by atoms with Crippen molar-refractivity contribution in [2.24, 2.45) is 0 Å². The Labute approximate surface area is 105 Å². The summed E-state index contributed by atoms with van der Waals surface area (Å²) in [5, 5.41) is 10.7. The van der Waals surface area contributed by atoms with E-state index in [0.29, 0.717) is 6.07 Å². The van der Waals surface area contributed by atoms with Crippen LogP contribution < -0.4 is 4.90 Å². The molecule has 0 N–H and O–H groups in total. The maximum atomic E-state index is 13.1. The van der Waals surface area contributed by atoms with Gasteiger partial charge in [-0.15, -0.1) is 0 Å². The minimum Gasteiger partial charge on any atom is -0.368 e. The smallest absolute Gasteiger partial charge is 0.368 e. The molecular weight excluding hydrogens is 268 g/mol. The van der Waals surface area contributed by atoms with E-state index >= 15 is 0 Å². The first-order chi connectivity index (χ1) is 8.77. The largest absolute Gasteiger partial charge is 0.416 e. The van der Waals surface area contributed by atoms with E-state index in [9.17, 15) is 27.7 Å². The molecule has 1 aromatic rings. The number of benzene rings is 1. The van der Waals surface area contributed by atoms with Gasteiger partial charge in [-0.05, 0) is 12.5 Å². The monoisotopic (exact) mass is 278 g/mol. The standard InChI is InChI=1S/C11H10F4N2O2/c12-8-1-2-16(6-8)9-3-7(11(13,14)15)4-10(5-9)17(18)19/h3-5,8H,1-2,6H2/t8-/m0/s1. The van der Waals surface area contributed by atoms with Gasteiger partial charge in [0.05, 0.1) is 10.5 Å². The number of alkyl halides is 4. The molecule has 1 saturated heterocycles. The number of anilines is 1. The highest BCUT2D eigenvalue weighted by Gasteiger charge is 2.34. The molecule has 0 radical (unpaired) electrons. The fourth-order valence-corrected chi connectivity index (χ4v) is 2.00. The van der Waals surface area contributed by atoms with E-state index in [0.717, 1.165) is 12.1 Å². The third kappa shape index (κ3) is 2.94. The van der Waals surface area contributed by atoms with Crippen LogP contribution in [0.25, 0.3) is 0 Å². The lowest BCUT2D eigenvalue weighted by Crippen LogP contribution is -2.20. The molecule has 4 nitrogen and oxygen atoms in total. The zero-order valence-electron chi connectivity index (χ0n) is 9.65. The highest BCUT2D eigenvalue weighted by atomic mass is 19.4. The van der Waals surface area contributed by atoms with Crippen molar-refractivity contribution in [3.63, 3.8) is 0 Å². The Kier molecular flexibility index (Phi) is 3.34. The van der Waals surface area contributed by atoms with E-state index in [1.807, 2.05) is 0 Å². The molecule has 0 unspecified atom stereocenters. The Balaban J connectivity index is 2.43. The van der Waals surface area contributed by atoms with Crippen molar-refractivity contribution in [1.82, 2.24) is 0 Å². The van der Waals surface area contributed by atoms with Gasteiger partial charge in [-0.2, -0.15) is 13.2 Å². The van der Waals surface area contributed by atoms with E-state index < -0.39 is 28.5 Å². The molecule has 104 valence electrons. The van der Waals surface area contributed by atoms with Crippen molar-refractivity contribution >= 4 is 11.4 Å². The van der Waals surface area contributed by atoms with Crippen LogP contribution >= 0.6 is 0 Å². The molecule has 1 heterocycles. The van der Waals surface area contributed by atoms with E-state index in [-0.39, 0.29) is 25.2 Å². The maximum absolute atomic E-state index is 13.1. The summed E-state index contributed by atoms with van der Waals surface area (Å²) in [5.74, 6) is 0. The number of non-ortho nitro benzene ring substituents is 1. The Bertz CT molecular complexity index is 504. The highest BCUT2D eigenvalue weighted by Crippen LogP contribution is 2.36. The second-order valence-corrected chi connectivity index (χ2v) is 4.32. The first-order valence-electron chi connectivity index (χ1n) is 5.53. The molecule has 0 amide bonds. The van der Waals surface area contributed by atoms with E-state index in [4.69, 9.17) is 0 Å². The summed E-state index contributed by atoms with van der Waals surface area (Å²) in [6, 6.07) is 2.32. The van der Waals surface area contributed by atoms with Crippen LogP contribution in [0.15, 0.2) is 18.2 Å². The van der Waals surface area contributed by atoms with Crippen LogP contribution in [0.1, 0.15) is 12.0 Å². The van der Waals surface area contributed by atoms with Crippen molar-refractivity contribution in [2.75, 3.05) is 18.0 Å². The van der Waals surface area contributed by atoms with Gasteiger partial charge in [0, 0.05) is 30.9 Å². The van der Waals surface area contributed by atoms with Gasteiger partial charge in [-0.3, -0.25) is 10.1 Å². The van der Waals surface area contributed by atoms with Gasteiger partial charge in [-0.1, -0.05) is 0 Å². The molecule has 8 heteroatoms. The van der Waals surface area contributed by atoms with Crippen LogP contribution in [-0.2, 0) is 6.18 Å². The summed E-state index contributed by atoms with van der Waals surface area (Å²) < 4.78 is 51.0. The van der Waals surface area contributed by atoms with Gasteiger partial charge in [0.25, 0.3) is 5.69 Å². The van der Waals surface area contributed by atoms with Gasteiger partial charge < -0.3 is 4.90 Å². The van der Waals surface area contributed by atoms with Gasteiger partial charge >= 0.3 is 6.18 Å². The summed E-state index contributed by atoms with van der Waals surface area (Å²) in [6.07, 6.45) is -5.58. The molecule has 1 aromatic carbocycles. The molecule has 2 rings (SSSR count). The van der Waals surface area contributed by atoms with Crippen LogP contribution in [-0.4, -0.2) is 24.2 Å². The number of nitrogens with zero attached hydrogens (tertiary/aromatic N) is 2. The van der Waals surface area contributed by atoms with Crippen LogP contribution in [0.5, 0.6) is 0 Å². The normalized spacial score (nSPS) is 19.8. The van der Waals surface area contributed by atoms with Crippen LogP contribution in [0.2, 0.25) is 0 Å². The van der Waals surface area contributed by atoms with E-state index in [2.05, 4.69) is 0 Å². The summed E-state index contributed by atoms with van der Waals surface area (Å²) in [4.78, 5) is 11.2. The highest BCUT2D eigenvalue weighted by molar-refractivity contribution is 5.57. The van der Waals surface area contributed by atoms with Crippen LogP contribution in [0.3, 0.4) is 0 Å². The molecule has 1 fully saturated rings. The molecule has 19 heavy (non-hydrogen) atoms. The number of rotatable bonds is 2. The lowest BCUT2D eigenvalue weighted by Gasteiger charge is -2.19. The van der Waals surface area contributed by atoms with Gasteiger partial charge in [0.15, 0.2) is 0 Å². The Hall–Kier alpha value is -1.86. The fraction of sp³-hybridized carbons (Fsp3) is 0.455. The van der Waals surface area contributed by atoms with Crippen molar-refractivity contribution in [2.45, 2.75) is 18.8 Å². The van der Waals surface area contributed by atoms with E-state index in [1.165, 1.54) is 4.90 Å². The van der Waals surface area contributed by atoms with Crippen LogP contribution in [0, 0.1) is 10.1 Å². The number of nitro groups is 1. The van der Waals surface area contributed by atoms with Gasteiger partial charge in [0.1, 0.15) is 6.17 Å². The quantitative estimate of drug-likeness (QED) is 0.474. The molecule has 0 spiro atoms. The number of hydrogen-bond acceptors (Lipinski definition) is 3. The third-order valence-electron chi connectivity index (χ3n) is 2.94. The van der Waals surface area contributed by atoms with Gasteiger partial charge in [-0.25, -0.2) is 4.39 Å². The van der Waals surface area contributed by atoms with Gasteiger partial charge in [0.2, 0.25) is 0 Å². The van der Waals surface area contributed by atoms with Crippen molar-refractivity contribution in [1.29, 1.82) is 0 Å². The molecular formula is C11H10F4N2O2. The molecule has 0 bridgehead atoms. The average molecular weight is 278 g/mol. The average Bonchev–Trinajstić information content (AvgIpc) is 2.74. The van der Waals surface area contributed by atoms with E-state index in [1.54, 1.807) is 0 Å². The molecule has 0 aromatic heterocycles. The molecule has 1 atom stereocenters. The predicted molar refractivity (Wildman–Crippen MR) is 59.8 cm³/mol. The summed E-state index contributed by atoms with van der Waals surface area (Å²) in [5.41, 5.74) is -1.71. The summed E-state index contributed by atoms with van der Waals surface area (Å²) >= 11 is 0. The molecule has 0 saturated carbocycles. The lowest BCUT2D eigenvalue weighted by atomic mass is 10.1. The zero-order valence-corrected chi connectivity index (χ0v) is 9.65. The lowest BCUT2D eigenvalue weighted by molar-refractivity contribution is -0.385. The summed E-state index contributed by atoms with van der Waals surface area (Å²) in [7, 11) is 0. The minimum absolute atomic E-state index is 0.0293. The first kappa shape index (κ1) is 13.6. The SMILES string of the molecule is O=[N+]([O-])c1cc(N2CC[C@H](F)C2)cc(C(F)(F)F)c1. The van der Waals surface area contributed by atoms with Crippen molar-refractivity contribution in [3.05, 3.63) is 33.9 Å². The maximum Gasteiger partial charge on any atom is 0.416 e. The number of halogens is 4. The second-order valence-electron chi connectivity index (χ2n) is 4.32. The third-order valence-corrected chi connectivity index (χ3v) is 2.94. The number of hydrogen-bond donors (Lipinski definition) is 0. The predicted octanol–water partition coefficient (Wildman–Crippen LogP) is 3.16. The molecule has 1 aliphatic heterocycles. The first-order valence-corrected chi connectivity index (χ1v) is 5.53. The topological polar surface area (TPSA) is 46.4 Å². The second kappa shape index (κ2) is 4.67. The molecule has 1 aliphatic rings. The van der Waals surface area contributed by atoms with Crippen LogP contribution in [0.4, 0.5) is 28.9 Å². The zero-order chi connectivity index (χ0) is 14.2. The summed E-state index contributed by atoms with van der Waals surface area (Å²) in [6.45, 7) is 0.206. The Morgan fingerprint density at radius 2 is 2.00 bits per heavy atom. The van der Waals surface area contributed by atoms with Crippen molar-refractivity contribution < 1.29 is 22.5 Å². The Morgan fingerprint density at radius 1 is 1.32 bits per heavy atom. The fourth-order valence-electron chi connectivity index (χ4n) is 2.00. The minimum atomic E-state index is -4.67. The number of nitro benzene ring substituents is 1.